The van der Waals surface area contributed by atoms with E-state index in [0.717, 1.165) is 17.5 Å². The number of para-hydroxylation sites is 1. The predicted molar refractivity (Wildman–Crippen MR) is 131 cm³/mol. The molecule has 8 nitrogen and oxygen atoms in total. The summed E-state index contributed by atoms with van der Waals surface area (Å²) in [5, 5.41) is 16.1. The van der Waals surface area contributed by atoms with Gasteiger partial charge in [0.25, 0.3) is 0 Å². The molecule has 3 aliphatic rings. The van der Waals surface area contributed by atoms with Gasteiger partial charge >= 0.3 is 0 Å². The number of aliphatic hydroxyl groups excluding tert-OH is 1. The van der Waals surface area contributed by atoms with Gasteiger partial charge in [0.15, 0.2) is 0 Å². The molecule has 1 spiro atoms. The summed E-state index contributed by atoms with van der Waals surface area (Å²) in [5.74, 6) is -2.45. The second-order valence-corrected chi connectivity index (χ2v) is 11.1. The van der Waals surface area contributed by atoms with Crippen LogP contribution in [0.2, 0.25) is 0 Å². The van der Waals surface area contributed by atoms with Crippen molar-refractivity contribution in [2.45, 2.75) is 69.2 Å². The third-order valence-corrected chi connectivity index (χ3v) is 8.94. The van der Waals surface area contributed by atoms with Crippen LogP contribution < -0.4 is 10.6 Å². The van der Waals surface area contributed by atoms with Crippen LogP contribution >= 0.6 is 15.9 Å². The zero-order valence-corrected chi connectivity index (χ0v) is 21.9. The van der Waals surface area contributed by atoms with Gasteiger partial charge in [-0.2, -0.15) is 0 Å². The first kappa shape index (κ1) is 25.1. The van der Waals surface area contributed by atoms with E-state index in [0.29, 0.717) is 12.1 Å². The maximum atomic E-state index is 14.0. The molecule has 3 N–H and O–H groups in total. The number of likely N-dealkylation sites (tertiary alicyclic amines) is 1. The summed E-state index contributed by atoms with van der Waals surface area (Å²) in [4.78, 5) is 42.3. The number of nitrogens with zero attached hydrogens (tertiary/aromatic N) is 1. The number of fused-ring (bicyclic) bond motifs is 1. The van der Waals surface area contributed by atoms with Crippen LogP contribution in [0, 0.1) is 31.6 Å². The van der Waals surface area contributed by atoms with Crippen molar-refractivity contribution in [3.8, 4) is 0 Å². The lowest BCUT2D eigenvalue weighted by Gasteiger charge is -2.39. The fourth-order valence-electron chi connectivity index (χ4n) is 6.21. The minimum Gasteiger partial charge on any atom is -0.394 e. The topological polar surface area (TPSA) is 108 Å². The Balaban J connectivity index is 1.82. The number of anilines is 1. The Labute approximate surface area is 208 Å². The van der Waals surface area contributed by atoms with Crippen molar-refractivity contribution in [1.82, 2.24) is 10.2 Å². The highest BCUT2D eigenvalue weighted by atomic mass is 79.9. The summed E-state index contributed by atoms with van der Waals surface area (Å²) in [6.45, 7) is 7.52. The average molecular weight is 536 g/mol. The van der Waals surface area contributed by atoms with Crippen molar-refractivity contribution in [2.24, 2.45) is 17.8 Å². The third kappa shape index (κ3) is 3.58. The van der Waals surface area contributed by atoms with E-state index in [1.54, 1.807) is 7.05 Å². The summed E-state index contributed by atoms with van der Waals surface area (Å²) < 4.78 is 6.46. The van der Waals surface area contributed by atoms with Crippen LogP contribution in [0.1, 0.15) is 37.8 Å². The summed E-state index contributed by atoms with van der Waals surface area (Å²) >= 11 is 3.65. The molecule has 1 aromatic rings. The molecule has 3 heterocycles. The second kappa shape index (κ2) is 9.24. The molecule has 0 radical (unpaired) electrons. The molecule has 0 saturated carbocycles. The van der Waals surface area contributed by atoms with Crippen molar-refractivity contribution in [1.29, 1.82) is 0 Å². The summed E-state index contributed by atoms with van der Waals surface area (Å²) in [5.41, 5.74) is 1.39. The van der Waals surface area contributed by atoms with Crippen LogP contribution in [0.4, 0.5) is 5.69 Å². The van der Waals surface area contributed by atoms with Crippen LogP contribution in [0.5, 0.6) is 0 Å². The van der Waals surface area contributed by atoms with Crippen molar-refractivity contribution < 1.29 is 24.2 Å². The van der Waals surface area contributed by atoms with Gasteiger partial charge in [0.2, 0.25) is 17.7 Å². The Hall–Kier alpha value is -1.97. The molecular formula is C25H34BrN3O5. The molecule has 8 atom stereocenters. The normalized spacial score (nSPS) is 33.6. The maximum Gasteiger partial charge on any atom is 0.250 e. The van der Waals surface area contributed by atoms with Gasteiger partial charge in [0.1, 0.15) is 11.6 Å². The van der Waals surface area contributed by atoms with E-state index in [4.69, 9.17) is 4.74 Å². The molecule has 3 fully saturated rings. The van der Waals surface area contributed by atoms with Gasteiger partial charge in [-0.15, -0.1) is 0 Å². The molecular weight excluding hydrogens is 502 g/mol. The van der Waals surface area contributed by atoms with E-state index in [-0.39, 0.29) is 35.1 Å². The number of carbonyl (C=O) groups excluding carboxylic acids is 3. The molecule has 4 rings (SSSR count). The monoisotopic (exact) mass is 535 g/mol. The van der Waals surface area contributed by atoms with Crippen LogP contribution in [0.15, 0.2) is 18.2 Å². The molecule has 3 amide bonds. The Kier molecular flexibility index (Phi) is 6.83. The quantitative estimate of drug-likeness (QED) is 0.463. The first-order valence-electron chi connectivity index (χ1n) is 12.0. The van der Waals surface area contributed by atoms with Crippen molar-refractivity contribution in [3.63, 3.8) is 0 Å². The molecule has 0 aromatic heterocycles. The maximum absolute atomic E-state index is 14.0. The molecule has 3 saturated heterocycles. The highest BCUT2D eigenvalue weighted by Crippen LogP contribution is 2.60. The van der Waals surface area contributed by atoms with E-state index in [9.17, 15) is 19.5 Å². The number of hydrogen-bond donors (Lipinski definition) is 3. The number of aliphatic hydroxyl groups is 1. The molecule has 1 aromatic carbocycles. The minimum absolute atomic E-state index is 0.0462. The number of rotatable bonds is 7. The van der Waals surface area contributed by atoms with Gasteiger partial charge in [-0.1, -0.05) is 54.4 Å². The molecule has 34 heavy (non-hydrogen) atoms. The number of nitrogens with one attached hydrogen (secondary N) is 2. The van der Waals surface area contributed by atoms with Gasteiger partial charge in [0.05, 0.1) is 30.6 Å². The Morgan fingerprint density at radius 3 is 2.50 bits per heavy atom. The zero-order valence-electron chi connectivity index (χ0n) is 20.3. The van der Waals surface area contributed by atoms with Gasteiger partial charge in [-0.05, 0) is 37.3 Å². The lowest BCUT2D eigenvalue weighted by atomic mass is 9.70. The number of ether oxygens (including phenoxy) is 1. The lowest BCUT2D eigenvalue weighted by molar-refractivity contribution is -0.145. The van der Waals surface area contributed by atoms with Crippen LogP contribution in [-0.4, -0.2) is 70.0 Å². The Morgan fingerprint density at radius 2 is 1.94 bits per heavy atom. The van der Waals surface area contributed by atoms with Crippen molar-refractivity contribution >= 4 is 39.3 Å². The fourth-order valence-corrected chi connectivity index (χ4v) is 7.15. The standard InChI is InChI=1S/C25H34BrN3O5/c1-6-12(2)16(11-30)29-21(23(32)28-19-13(3)8-7-9-14(19)4)25-10-15(26)20(34-25)17(22(31)27-5)18(25)24(29)33/h7-9,12,15-18,20-21,30H,6,10-11H2,1-5H3,(H,27,31)(H,28,32)/t12-,15?,16-,17+,18-,20+,21?,25?/m0/s1. The second-order valence-electron chi connectivity index (χ2n) is 9.91. The number of carbonyl (C=O) groups is 3. The van der Waals surface area contributed by atoms with Crippen LogP contribution in [0.25, 0.3) is 0 Å². The van der Waals surface area contributed by atoms with E-state index in [1.807, 2.05) is 45.9 Å². The summed E-state index contributed by atoms with van der Waals surface area (Å²) in [6.07, 6.45) is 0.658. The number of alkyl halides is 1. The van der Waals surface area contributed by atoms with Crippen LogP contribution in [0.3, 0.4) is 0 Å². The molecule has 2 bridgehead atoms. The minimum atomic E-state index is -1.14. The van der Waals surface area contributed by atoms with E-state index >= 15 is 0 Å². The third-order valence-electron chi connectivity index (χ3n) is 8.10. The summed E-state index contributed by atoms with van der Waals surface area (Å²) in [6, 6.07) is 4.24. The van der Waals surface area contributed by atoms with E-state index in [2.05, 4.69) is 26.6 Å². The predicted octanol–water partition coefficient (Wildman–Crippen LogP) is 2.14. The number of benzene rings is 1. The van der Waals surface area contributed by atoms with E-state index in [1.165, 1.54) is 4.90 Å². The first-order chi connectivity index (χ1) is 16.1. The molecule has 186 valence electrons. The van der Waals surface area contributed by atoms with Gasteiger partial charge in [-0.25, -0.2) is 0 Å². The van der Waals surface area contributed by atoms with Crippen molar-refractivity contribution in [2.75, 3.05) is 19.0 Å². The Bertz CT molecular complexity index is 983. The Morgan fingerprint density at radius 1 is 1.29 bits per heavy atom. The summed E-state index contributed by atoms with van der Waals surface area (Å²) in [7, 11) is 1.54. The van der Waals surface area contributed by atoms with Crippen molar-refractivity contribution in [3.05, 3.63) is 29.3 Å². The van der Waals surface area contributed by atoms with Gasteiger partial charge in [0, 0.05) is 17.6 Å². The lowest BCUT2D eigenvalue weighted by Crippen LogP contribution is -2.58. The SMILES string of the molecule is CC[C@H](C)[C@H](CO)N1C(=O)[C@@H]2[C@@H](C(=O)NC)[C@@H]3OC2(CC3Br)C1C(=O)Nc1c(C)cccc1C. The van der Waals surface area contributed by atoms with Gasteiger partial charge < -0.3 is 25.4 Å². The van der Waals surface area contributed by atoms with Crippen LogP contribution in [-0.2, 0) is 19.1 Å². The average Bonchev–Trinajstić information content (AvgIpc) is 3.40. The van der Waals surface area contributed by atoms with Gasteiger partial charge in [-0.3, -0.25) is 14.4 Å². The fraction of sp³-hybridized carbons (Fsp3) is 0.640. The number of halogens is 1. The molecule has 0 aliphatic carbocycles. The van der Waals surface area contributed by atoms with E-state index < -0.39 is 35.6 Å². The smallest absolute Gasteiger partial charge is 0.250 e. The molecule has 9 heteroatoms. The number of amides is 3. The largest absolute Gasteiger partial charge is 0.394 e. The number of hydrogen-bond acceptors (Lipinski definition) is 5. The molecule has 3 aliphatic heterocycles. The number of aryl methyl sites for hydroxylation is 2. The first-order valence-corrected chi connectivity index (χ1v) is 12.9. The highest BCUT2D eigenvalue weighted by Gasteiger charge is 2.77. The zero-order chi connectivity index (χ0) is 24.9. The highest BCUT2D eigenvalue weighted by molar-refractivity contribution is 9.09. The molecule has 3 unspecified atom stereocenters.